The van der Waals surface area contributed by atoms with Gasteiger partial charge < -0.3 is 10.1 Å². The molecule has 27 heavy (non-hydrogen) atoms. The van der Waals surface area contributed by atoms with Gasteiger partial charge in [-0.05, 0) is 44.0 Å². The number of ether oxygens (including phenoxy) is 1. The minimum absolute atomic E-state index is 0.00785. The first-order valence-corrected chi connectivity index (χ1v) is 10.9. The molecule has 2 rings (SSSR count). The van der Waals surface area contributed by atoms with Crippen LogP contribution in [0.15, 0.2) is 29.2 Å². The lowest BCUT2D eigenvalue weighted by molar-refractivity contribution is -0.126. The first-order chi connectivity index (χ1) is 12.8. The Morgan fingerprint density at radius 1 is 1.11 bits per heavy atom. The quantitative estimate of drug-likeness (QED) is 0.720. The summed E-state index contributed by atoms with van der Waals surface area (Å²) in [5, 5.41) is 2.94. The van der Waals surface area contributed by atoms with Crippen LogP contribution in [0, 0.1) is 5.92 Å². The van der Waals surface area contributed by atoms with Crippen molar-refractivity contribution in [1.29, 1.82) is 0 Å². The molecule has 1 N–H and O–H groups in total. The monoisotopic (exact) mass is 397 g/mol. The predicted molar refractivity (Wildman–Crippen MR) is 105 cm³/mol. The Morgan fingerprint density at radius 2 is 1.70 bits per heavy atom. The maximum Gasteiger partial charge on any atom is 0.243 e. The van der Waals surface area contributed by atoms with Crippen LogP contribution in [-0.4, -0.2) is 68.9 Å². The molecule has 0 unspecified atom stereocenters. The smallest absolute Gasteiger partial charge is 0.243 e. The fourth-order valence-corrected chi connectivity index (χ4v) is 4.40. The van der Waals surface area contributed by atoms with E-state index in [0.29, 0.717) is 51.0 Å². The Kier molecular flexibility index (Phi) is 7.64. The minimum atomic E-state index is -3.53. The molecule has 0 aromatic heterocycles. The molecule has 1 saturated heterocycles. The number of amides is 1. The van der Waals surface area contributed by atoms with Gasteiger partial charge in [0.05, 0.1) is 17.5 Å². The molecular weight excluding hydrogens is 366 g/mol. The average molecular weight is 398 g/mol. The van der Waals surface area contributed by atoms with Gasteiger partial charge in [0.15, 0.2) is 0 Å². The molecule has 1 fully saturated rings. The predicted octanol–water partition coefficient (Wildman–Crippen LogP) is 1.55. The number of rotatable bonds is 8. The van der Waals surface area contributed by atoms with Crippen LogP contribution in [0.3, 0.4) is 0 Å². The van der Waals surface area contributed by atoms with E-state index >= 15 is 0 Å². The molecule has 8 heteroatoms. The minimum Gasteiger partial charge on any atom is -0.494 e. The molecule has 0 saturated carbocycles. The Labute approximate surface area is 162 Å². The largest absolute Gasteiger partial charge is 0.494 e. The number of carbonyl (C=O) groups is 1. The second-order valence-corrected chi connectivity index (χ2v) is 9.10. The van der Waals surface area contributed by atoms with E-state index in [9.17, 15) is 13.2 Å². The lowest BCUT2D eigenvalue weighted by atomic mass is 10.2. The van der Waals surface area contributed by atoms with Gasteiger partial charge in [0.1, 0.15) is 5.75 Å². The Morgan fingerprint density at radius 3 is 2.22 bits per heavy atom. The molecule has 0 spiro atoms. The van der Waals surface area contributed by atoms with Crippen molar-refractivity contribution >= 4 is 15.9 Å². The van der Waals surface area contributed by atoms with Crippen molar-refractivity contribution in [3.63, 3.8) is 0 Å². The summed E-state index contributed by atoms with van der Waals surface area (Å²) in [6.07, 6.45) is 0. The lowest BCUT2D eigenvalue weighted by Crippen LogP contribution is -2.55. The van der Waals surface area contributed by atoms with Crippen LogP contribution in [-0.2, 0) is 14.8 Å². The number of nitrogens with one attached hydrogen (secondary N) is 1. The third-order valence-corrected chi connectivity index (χ3v) is 6.57. The molecule has 0 radical (unpaired) electrons. The van der Waals surface area contributed by atoms with Crippen molar-refractivity contribution < 1.29 is 17.9 Å². The number of benzene rings is 1. The third kappa shape index (κ3) is 5.67. The van der Waals surface area contributed by atoms with Crippen molar-refractivity contribution in [2.45, 2.75) is 38.6 Å². The van der Waals surface area contributed by atoms with Gasteiger partial charge in [0.2, 0.25) is 15.9 Å². The van der Waals surface area contributed by atoms with Crippen LogP contribution in [0.1, 0.15) is 27.7 Å². The number of piperazine rings is 1. The number of nitrogens with zero attached hydrogens (tertiary/aromatic N) is 2. The zero-order valence-electron chi connectivity index (χ0n) is 16.6. The van der Waals surface area contributed by atoms with Crippen LogP contribution in [0.2, 0.25) is 0 Å². The van der Waals surface area contributed by atoms with E-state index in [1.54, 1.807) is 24.3 Å². The van der Waals surface area contributed by atoms with E-state index in [4.69, 9.17) is 4.74 Å². The van der Waals surface area contributed by atoms with Gasteiger partial charge >= 0.3 is 0 Å². The van der Waals surface area contributed by atoms with Gasteiger partial charge in [-0.15, -0.1) is 0 Å². The summed E-state index contributed by atoms with van der Waals surface area (Å²) in [5.74, 6) is 1.05. The summed E-state index contributed by atoms with van der Waals surface area (Å²) in [4.78, 5) is 14.5. The summed E-state index contributed by atoms with van der Waals surface area (Å²) >= 11 is 0. The molecule has 1 heterocycles. The lowest BCUT2D eigenvalue weighted by Gasteiger charge is -2.36. The molecule has 0 bridgehead atoms. The van der Waals surface area contributed by atoms with Crippen LogP contribution in [0.5, 0.6) is 5.75 Å². The van der Waals surface area contributed by atoms with Gasteiger partial charge in [0.25, 0.3) is 0 Å². The average Bonchev–Trinajstić information content (AvgIpc) is 2.66. The van der Waals surface area contributed by atoms with E-state index in [1.165, 1.54) is 4.31 Å². The second-order valence-electron chi connectivity index (χ2n) is 7.16. The highest BCUT2D eigenvalue weighted by molar-refractivity contribution is 7.89. The first kappa shape index (κ1) is 21.7. The zero-order valence-corrected chi connectivity index (χ0v) is 17.5. The van der Waals surface area contributed by atoms with Crippen molar-refractivity contribution in [2.75, 3.05) is 39.3 Å². The fraction of sp³-hybridized carbons (Fsp3) is 0.632. The topological polar surface area (TPSA) is 79.0 Å². The van der Waals surface area contributed by atoms with Crippen molar-refractivity contribution in [1.82, 2.24) is 14.5 Å². The highest BCUT2D eigenvalue weighted by atomic mass is 32.2. The molecule has 1 aromatic rings. The van der Waals surface area contributed by atoms with Crippen LogP contribution in [0.4, 0.5) is 0 Å². The van der Waals surface area contributed by atoms with E-state index in [0.717, 1.165) is 0 Å². The van der Waals surface area contributed by atoms with Gasteiger partial charge in [-0.2, -0.15) is 4.31 Å². The van der Waals surface area contributed by atoms with Gasteiger partial charge in [0, 0.05) is 32.7 Å². The molecule has 1 aromatic carbocycles. The Hall–Kier alpha value is -1.64. The summed E-state index contributed by atoms with van der Waals surface area (Å²) in [7, 11) is -3.53. The van der Waals surface area contributed by atoms with Crippen molar-refractivity contribution in [2.24, 2.45) is 5.92 Å². The molecule has 1 atom stereocenters. The SMILES string of the molecule is CCOc1ccc(S(=O)(=O)N2CCN([C@H](C)C(=O)NCC(C)C)CC2)cc1. The first-order valence-electron chi connectivity index (χ1n) is 9.50. The molecule has 0 aliphatic carbocycles. The number of hydrogen-bond acceptors (Lipinski definition) is 5. The molecule has 1 aliphatic heterocycles. The molecule has 1 aliphatic rings. The summed E-state index contributed by atoms with van der Waals surface area (Å²) in [6.45, 7) is 10.9. The third-order valence-electron chi connectivity index (χ3n) is 4.66. The Bertz CT molecular complexity index is 711. The zero-order chi connectivity index (χ0) is 20.0. The maximum atomic E-state index is 12.8. The molecule has 1 amide bonds. The van der Waals surface area contributed by atoms with Gasteiger partial charge in [-0.1, -0.05) is 13.8 Å². The van der Waals surface area contributed by atoms with Gasteiger partial charge in [-0.25, -0.2) is 8.42 Å². The highest BCUT2D eigenvalue weighted by Gasteiger charge is 2.31. The Balaban J connectivity index is 1.94. The normalized spacial score (nSPS) is 17.7. The molecule has 7 nitrogen and oxygen atoms in total. The van der Waals surface area contributed by atoms with Crippen LogP contribution >= 0.6 is 0 Å². The number of sulfonamides is 1. The molecule has 152 valence electrons. The van der Waals surface area contributed by atoms with E-state index in [-0.39, 0.29) is 16.8 Å². The second kappa shape index (κ2) is 9.52. The summed E-state index contributed by atoms with van der Waals surface area (Å²) < 4.78 is 32.5. The highest BCUT2D eigenvalue weighted by Crippen LogP contribution is 2.21. The van der Waals surface area contributed by atoms with Gasteiger partial charge in [-0.3, -0.25) is 9.69 Å². The standard InChI is InChI=1S/C19H31N3O4S/c1-5-26-17-6-8-18(9-7-17)27(24,25)22-12-10-21(11-13-22)16(4)19(23)20-14-15(2)3/h6-9,15-16H,5,10-14H2,1-4H3,(H,20,23)/t16-/m1/s1. The summed E-state index contributed by atoms with van der Waals surface area (Å²) in [5.41, 5.74) is 0. The number of carbonyl (C=O) groups excluding carboxylic acids is 1. The van der Waals surface area contributed by atoms with E-state index in [1.807, 2.05) is 18.7 Å². The maximum absolute atomic E-state index is 12.8. The molecular formula is C19H31N3O4S. The summed E-state index contributed by atoms with van der Waals surface area (Å²) in [6, 6.07) is 6.24. The van der Waals surface area contributed by atoms with Crippen molar-refractivity contribution in [3.8, 4) is 5.75 Å². The van der Waals surface area contributed by atoms with Crippen LogP contribution < -0.4 is 10.1 Å². The van der Waals surface area contributed by atoms with Crippen LogP contribution in [0.25, 0.3) is 0 Å². The van der Waals surface area contributed by atoms with E-state index < -0.39 is 10.0 Å². The number of hydrogen-bond donors (Lipinski definition) is 1. The fourth-order valence-electron chi connectivity index (χ4n) is 2.97. The van der Waals surface area contributed by atoms with Crippen molar-refractivity contribution in [3.05, 3.63) is 24.3 Å². The van der Waals surface area contributed by atoms with E-state index in [2.05, 4.69) is 19.2 Å².